The summed E-state index contributed by atoms with van der Waals surface area (Å²) in [7, 11) is 0. The Morgan fingerprint density at radius 2 is 2.07 bits per heavy atom. The minimum Gasteiger partial charge on any atom is -0.461 e. The Bertz CT molecular complexity index is 342. The van der Waals surface area contributed by atoms with E-state index in [-0.39, 0.29) is 5.97 Å². The van der Waals surface area contributed by atoms with Crippen molar-refractivity contribution >= 4 is 5.97 Å². The Kier molecular flexibility index (Phi) is 4.35. The average Bonchev–Trinajstić information content (AvgIpc) is 2.17. The van der Waals surface area contributed by atoms with Gasteiger partial charge >= 0.3 is 5.97 Å². The van der Waals surface area contributed by atoms with Crippen LogP contribution in [0, 0.1) is 13.8 Å². The molecule has 1 aromatic rings. The molecule has 0 aliphatic carbocycles. The Labute approximate surface area is 91.3 Å². The molecule has 0 fully saturated rings. The second-order valence-electron chi connectivity index (χ2n) is 3.84. The fraction of sp³-hybridized carbons (Fsp3) is 0.462. The topological polar surface area (TPSA) is 26.3 Å². The quantitative estimate of drug-likeness (QED) is 0.707. The van der Waals surface area contributed by atoms with Crippen LogP contribution in [0.25, 0.3) is 0 Å². The van der Waals surface area contributed by atoms with Crippen LogP contribution in [-0.2, 0) is 16.1 Å². The van der Waals surface area contributed by atoms with Gasteiger partial charge in [0.2, 0.25) is 0 Å². The highest BCUT2D eigenvalue weighted by Gasteiger charge is 2.03. The zero-order valence-electron chi connectivity index (χ0n) is 9.67. The molecule has 0 radical (unpaired) electrons. The number of hydrogen-bond donors (Lipinski definition) is 0. The molecule has 0 atom stereocenters. The van der Waals surface area contributed by atoms with Gasteiger partial charge in [0.1, 0.15) is 6.61 Å². The smallest absolute Gasteiger partial charge is 0.306 e. The van der Waals surface area contributed by atoms with Gasteiger partial charge in [-0.25, -0.2) is 0 Å². The van der Waals surface area contributed by atoms with E-state index in [9.17, 15) is 4.79 Å². The number of aryl methyl sites for hydroxylation is 2. The van der Waals surface area contributed by atoms with Crippen molar-refractivity contribution in [2.75, 3.05) is 0 Å². The first-order valence-corrected chi connectivity index (χ1v) is 5.35. The highest BCUT2D eigenvalue weighted by Crippen LogP contribution is 2.12. The van der Waals surface area contributed by atoms with Crippen molar-refractivity contribution in [1.82, 2.24) is 0 Å². The first-order valence-electron chi connectivity index (χ1n) is 5.35. The number of hydrogen-bond acceptors (Lipinski definition) is 2. The molecule has 0 aromatic heterocycles. The number of rotatable bonds is 4. The largest absolute Gasteiger partial charge is 0.461 e. The maximum absolute atomic E-state index is 11.2. The predicted octanol–water partition coefficient (Wildman–Crippen LogP) is 3.15. The SMILES string of the molecule is CCCC(=O)OCc1ccc(C)cc1C. The van der Waals surface area contributed by atoms with E-state index in [0.717, 1.165) is 12.0 Å². The van der Waals surface area contributed by atoms with Crippen LogP contribution >= 0.6 is 0 Å². The number of esters is 1. The van der Waals surface area contributed by atoms with Gasteiger partial charge in [0, 0.05) is 6.42 Å². The van der Waals surface area contributed by atoms with Crippen molar-refractivity contribution in [3.8, 4) is 0 Å². The van der Waals surface area contributed by atoms with E-state index in [2.05, 4.69) is 13.0 Å². The Morgan fingerprint density at radius 3 is 2.67 bits per heavy atom. The maximum atomic E-state index is 11.2. The molecule has 0 saturated carbocycles. The van der Waals surface area contributed by atoms with Crippen molar-refractivity contribution < 1.29 is 9.53 Å². The van der Waals surface area contributed by atoms with Gasteiger partial charge in [-0.05, 0) is 31.4 Å². The lowest BCUT2D eigenvalue weighted by molar-refractivity contribution is -0.145. The van der Waals surface area contributed by atoms with E-state index in [1.807, 2.05) is 26.0 Å². The average molecular weight is 206 g/mol. The zero-order valence-corrected chi connectivity index (χ0v) is 9.67. The molecule has 0 saturated heterocycles. The fourth-order valence-electron chi connectivity index (χ4n) is 1.44. The Morgan fingerprint density at radius 1 is 1.33 bits per heavy atom. The number of ether oxygens (including phenoxy) is 1. The minimum absolute atomic E-state index is 0.113. The predicted molar refractivity (Wildman–Crippen MR) is 60.6 cm³/mol. The van der Waals surface area contributed by atoms with Crippen molar-refractivity contribution in [1.29, 1.82) is 0 Å². The summed E-state index contributed by atoms with van der Waals surface area (Å²) in [4.78, 5) is 11.2. The lowest BCUT2D eigenvalue weighted by Crippen LogP contribution is -2.04. The van der Waals surface area contributed by atoms with Gasteiger partial charge in [-0.15, -0.1) is 0 Å². The van der Waals surface area contributed by atoms with Gasteiger partial charge < -0.3 is 4.74 Å². The normalized spacial score (nSPS) is 10.1. The highest BCUT2D eigenvalue weighted by molar-refractivity contribution is 5.69. The molecule has 0 spiro atoms. The van der Waals surface area contributed by atoms with E-state index in [0.29, 0.717) is 13.0 Å². The molecule has 0 N–H and O–H groups in total. The summed E-state index contributed by atoms with van der Waals surface area (Å²) in [5.41, 5.74) is 3.50. The molecule has 1 aromatic carbocycles. The van der Waals surface area contributed by atoms with E-state index in [1.165, 1.54) is 11.1 Å². The van der Waals surface area contributed by atoms with Crippen LogP contribution in [0.2, 0.25) is 0 Å². The third-order valence-electron chi connectivity index (χ3n) is 2.34. The molecule has 0 aliphatic rings. The van der Waals surface area contributed by atoms with Gasteiger partial charge in [0.25, 0.3) is 0 Å². The van der Waals surface area contributed by atoms with Crippen molar-refractivity contribution in [3.05, 3.63) is 34.9 Å². The molecule has 0 aliphatic heterocycles. The zero-order chi connectivity index (χ0) is 11.3. The Hall–Kier alpha value is -1.31. The van der Waals surface area contributed by atoms with Gasteiger partial charge in [-0.2, -0.15) is 0 Å². The standard InChI is InChI=1S/C13H18O2/c1-4-5-13(14)15-9-12-7-6-10(2)8-11(12)3/h6-8H,4-5,9H2,1-3H3. The summed E-state index contributed by atoms with van der Waals surface area (Å²) in [5.74, 6) is -0.113. The van der Waals surface area contributed by atoms with E-state index < -0.39 is 0 Å². The van der Waals surface area contributed by atoms with E-state index in [1.54, 1.807) is 0 Å². The summed E-state index contributed by atoms with van der Waals surface area (Å²) < 4.78 is 5.15. The van der Waals surface area contributed by atoms with Crippen LogP contribution in [-0.4, -0.2) is 5.97 Å². The van der Waals surface area contributed by atoms with Gasteiger partial charge in [0.05, 0.1) is 0 Å². The maximum Gasteiger partial charge on any atom is 0.306 e. The molecule has 82 valence electrons. The van der Waals surface area contributed by atoms with Crippen LogP contribution in [0.15, 0.2) is 18.2 Å². The Balaban J connectivity index is 2.54. The second-order valence-corrected chi connectivity index (χ2v) is 3.84. The van der Waals surface area contributed by atoms with E-state index in [4.69, 9.17) is 4.74 Å². The van der Waals surface area contributed by atoms with Crippen LogP contribution in [0.1, 0.15) is 36.5 Å². The summed E-state index contributed by atoms with van der Waals surface area (Å²) in [6.07, 6.45) is 1.34. The first-order chi connectivity index (χ1) is 7.13. The lowest BCUT2D eigenvalue weighted by Gasteiger charge is -2.07. The van der Waals surface area contributed by atoms with Crippen LogP contribution in [0.4, 0.5) is 0 Å². The van der Waals surface area contributed by atoms with Crippen molar-refractivity contribution in [2.24, 2.45) is 0 Å². The van der Waals surface area contributed by atoms with Crippen LogP contribution in [0.3, 0.4) is 0 Å². The monoisotopic (exact) mass is 206 g/mol. The minimum atomic E-state index is -0.113. The number of carbonyl (C=O) groups excluding carboxylic acids is 1. The number of benzene rings is 1. The summed E-state index contributed by atoms with van der Waals surface area (Å²) in [6.45, 7) is 6.46. The third kappa shape index (κ3) is 3.74. The van der Waals surface area contributed by atoms with Crippen molar-refractivity contribution in [2.45, 2.75) is 40.2 Å². The highest BCUT2D eigenvalue weighted by atomic mass is 16.5. The third-order valence-corrected chi connectivity index (χ3v) is 2.34. The molecule has 0 heterocycles. The molecule has 2 heteroatoms. The summed E-state index contributed by atoms with van der Waals surface area (Å²) in [6, 6.07) is 6.16. The molecular formula is C13H18O2. The van der Waals surface area contributed by atoms with Crippen LogP contribution < -0.4 is 0 Å². The molecule has 0 unspecified atom stereocenters. The van der Waals surface area contributed by atoms with E-state index >= 15 is 0 Å². The molecule has 1 rings (SSSR count). The second kappa shape index (κ2) is 5.54. The van der Waals surface area contributed by atoms with Gasteiger partial charge in [0.15, 0.2) is 0 Å². The lowest BCUT2D eigenvalue weighted by atomic mass is 10.1. The molecule has 15 heavy (non-hydrogen) atoms. The first kappa shape index (κ1) is 11.8. The fourth-order valence-corrected chi connectivity index (χ4v) is 1.44. The molecule has 0 amide bonds. The summed E-state index contributed by atoms with van der Waals surface area (Å²) >= 11 is 0. The molecule has 0 bridgehead atoms. The van der Waals surface area contributed by atoms with Gasteiger partial charge in [-0.3, -0.25) is 4.79 Å². The summed E-state index contributed by atoms with van der Waals surface area (Å²) in [5, 5.41) is 0. The molecular weight excluding hydrogens is 188 g/mol. The number of carbonyl (C=O) groups is 1. The van der Waals surface area contributed by atoms with Crippen molar-refractivity contribution in [3.63, 3.8) is 0 Å². The van der Waals surface area contributed by atoms with Crippen LogP contribution in [0.5, 0.6) is 0 Å². The molecule has 2 nitrogen and oxygen atoms in total. The van der Waals surface area contributed by atoms with Gasteiger partial charge in [-0.1, -0.05) is 30.7 Å².